The Labute approximate surface area is 562 Å². The largest absolute Gasteiger partial charge is 0.472 e. The van der Waals surface area contributed by atoms with E-state index in [1.807, 2.05) is 0 Å². The normalized spacial score (nSPS) is 14.0. The average molecular weight is 1350 g/mol. The maximum Gasteiger partial charge on any atom is 0.472 e. The van der Waals surface area contributed by atoms with E-state index in [4.69, 9.17) is 37.0 Å². The summed E-state index contributed by atoms with van der Waals surface area (Å²) in [5, 5.41) is 10.6. The summed E-state index contributed by atoms with van der Waals surface area (Å²) >= 11 is 0. The van der Waals surface area contributed by atoms with Gasteiger partial charge in [-0.1, -0.05) is 330 Å². The van der Waals surface area contributed by atoms with Crippen LogP contribution in [0.3, 0.4) is 0 Å². The molecule has 2 unspecified atom stereocenters. The lowest BCUT2D eigenvalue weighted by Crippen LogP contribution is -2.30. The van der Waals surface area contributed by atoms with Crippen LogP contribution >= 0.6 is 15.6 Å². The molecule has 0 aliphatic carbocycles. The van der Waals surface area contributed by atoms with Crippen LogP contribution in [0.2, 0.25) is 0 Å². The first kappa shape index (κ1) is 90.1. The van der Waals surface area contributed by atoms with Crippen molar-refractivity contribution in [3.8, 4) is 0 Å². The van der Waals surface area contributed by atoms with Crippen molar-refractivity contribution < 1.29 is 80.2 Å². The molecule has 0 rings (SSSR count). The van der Waals surface area contributed by atoms with Gasteiger partial charge in [0.05, 0.1) is 26.4 Å². The number of aliphatic hydroxyl groups excluding tert-OH is 1. The number of ether oxygens (including phenoxy) is 4. The smallest absolute Gasteiger partial charge is 0.462 e. The molecule has 0 aliphatic heterocycles. The van der Waals surface area contributed by atoms with Crippen LogP contribution in [0.1, 0.15) is 381 Å². The van der Waals surface area contributed by atoms with Crippen molar-refractivity contribution in [2.75, 3.05) is 39.6 Å². The fourth-order valence-corrected chi connectivity index (χ4v) is 12.8. The second-order valence-corrected chi connectivity index (χ2v) is 29.7. The average Bonchev–Trinajstić information content (AvgIpc) is 1.91. The molecule has 0 saturated carbocycles. The summed E-state index contributed by atoms with van der Waals surface area (Å²) in [6.07, 6.45) is 54.2. The van der Waals surface area contributed by atoms with Crippen molar-refractivity contribution in [3.63, 3.8) is 0 Å². The molecule has 5 atom stereocenters. The molecule has 0 aromatic rings. The Morgan fingerprint density at radius 2 is 0.500 bits per heavy atom. The molecule has 19 heteroatoms. The molecule has 0 radical (unpaired) electrons. The van der Waals surface area contributed by atoms with Crippen LogP contribution in [0.25, 0.3) is 0 Å². The first-order chi connectivity index (χ1) is 44.5. The molecule has 0 fully saturated rings. The van der Waals surface area contributed by atoms with E-state index >= 15 is 0 Å². The monoisotopic (exact) mass is 1350 g/mol. The van der Waals surface area contributed by atoms with Crippen LogP contribution in [0.15, 0.2) is 0 Å². The number of aliphatic hydroxyl groups is 1. The Bertz CT molecular complexity index is 1770. The van der Waals surface area contributed by atoms with E-state index in [0.29, 0.717) is 25.7 Å². The zero-order valence-corrected chi connectivity index (χ0v) is 61.5. The number of rotatable bonds is 73. The minimum atomic E-state index is -4.95. The molecule has 0 amide bonds. The van der Waals surface area contributed by atoms with Crippen molar-refractivity contribution in [1.29, 1.82) is 0 Å². The van der Waals surface area contributed by atoms with E-state index in [1.165, 1.54) is 193 Å². The second kappa shape index (κ2) is 66.3. The summed E-state index contributed by atoms with van der Waals surface area (Å²) in [6.45, 7) is 7.25. The molecule has 0 aromatic carbocycles. The quantitative estimate of drug-likeness (QED) is 0.0222. The zero-order chi connectivity index (χ0) is 67.7. The maximum absolute atomic E-state index is 13.1. The Balaban J connectivity index is 5.17. The first-order valence-corrected chi connectivity index (χ1v) is 41.1. The summed E-state index contributed by atoms with van der Waals surface area (Å²) in [4.78, 5) is 72.5. The lowest BCUT2D eigenvalue weighted by molar-refractivity contribution is -0.161. The number of hydrogen-bond acceptors (Lipinski definition) is 15. The van der Waals surface area contributed by atoms with Crippen LogP contribution in [-0.4, -0.2) is 96.7 Å². The summed E-state index contributed by atoms with van der Waals surface area (Å²) in [5.74, 6) is -1.31. The van der Waals surface area contributed by atoms with Gasteiger partial charge in [-0.3, -0.25) is 37.3 Å². The molecule has 0 aliphatic rings. The van der Waals surface area contributed by atoms with Crippen molar-refractivity contribution in [3.05, 3.63) is 0 Å². The van der Waals surface area contributed by atoms with Gasteiger partial charge in [0.15, 0.2) is 12.2 Å². The van der Waals surface area contributed by atoms with Gasteiger partial charge in [-0.15, -0.1) is 0 Å². The second-order valence-electron chi connectivity index (χ2n) is 26.8. The number of carbonyl (C=O) groups excluding carboxylic acids is 4. The van der Waals surface area contributed by atoms with Crippen LogP contribution in [0.5, 0.6) is 0 Å². The van der Waals surface area contributed by atoms with Gasteiger partial charge in [-0.2, -0.15) is 0 Å². The predicted octanol–water partition coefficient (Wildman–Crippen LogP) is 21.3. The molecule has 0 bridgehead atoms. The number of phosphoric acid groups is 2. The highest BCUT2D eigenvalue weighted by molar-refractivity contribution is 7.47. The number of hydrogen-bond donors (Lipinski definition) is 3. The molecule has 0 spiro atoms. The van der Waals surface area contributed by atoms with Crippen LogP contribution < -0.4 is 0 Å². The van der Waals surface area contributed by atoms with E-state index in [2.05, 4.69) is 34.6 Å². The van der Waals surface area contributed by atoms with E-state index in [9.17, 15) is 43.2 Å². The highest BCUT2D eigenvalue weighted by Gasteiger charge is 2.30. The zero-order valence-electron chi connectivity index (χ0n) is 59.7. The topological polar surface area (TPSA) is 237 Å². The van der Waals surface area contributed by atoms with Gasteiger partial charge in [0.1, 0.15) is 19.3 Å². The molecule has 0 aromatic heterocycles. The van der Waals surface area contributed by atoms with E-state index < -0.39 is 97.5 Å². The number of unbranched alkanes of at least 4 members (excludes halogenated alkanes) is 45. The standard InChI is InChI=1S/C73H142O17P2/c1-6-9-12-15-18-20-22-23-24-28-31-34-38-42-47-52-57-71(76)84-63-69(90-73(78)59-54-49-44-39-35-32-29-26-25-27-30-33-36-41-45-50-55-66(4)5)65-88-92(81,82)86-61-67(74)60-85-91(79,80)87-64-68(62-83-70(75)56-51-46-40-17-14-11-8-3)89-72(77)58-53-48-43-37-21-19-16-13-10-7-2/h66-69,74H,6-65H2,1-5H3,(H,79,80)(H,81,82)/t67-,68+,69+/m0/s1. The lowest BCUT2D eigenvalue weighted by atomic mass is 10.0. The van der Waals surface area contributed by atoms with Gasteiger partial charge in [-0.05, 0) is 31.6 Å². The van der Waals surface area contributed by atoms with E-state index in [1.54, 1.807) is 0 Å². The van der Waals surface area contributed by atoms with Crippen LogP contribution in [-0.2, 0) is 65.4 Å². The fraction of sp³-hybridized carbons (Fsp3) is 0.945. The Morgan fingerprint density at radius 1 is 0.293 bits per heavy atom. The SMILES string of the molecule is CCCCCCCCCCCCCCCCCCC(=O)OC[C@H](COP(=O)(O)OC[C@@H](O)COP(=O)(O)OC[C@@H](COC(=O)CCCCCCCCC)OC(=O)CCCCCCCCCCCC)OC(=O)CCCCCCCCCCCCCCCCCCC(C)C. The predicted molar refractivity (Wildman–Crippen MR) is 372 cm³/mol. The lowest BCUT2D eigenvalue weighted by Gasteiger charge is -2.21. The minimum absolute atomic E-state index is 0.106. The minimum Gasteiger partial charge on any atom is -0.462 e. The highest BCUT2D eigenvalue weighted by atomic mass is 31.2. The summed E-state index contributed by atoms with van der Waals surface area (Å²) in [7, 11) is -9.90. The van der Waals surface area contributed by atoms with Crippen molar-refractivity contribution in [2.45, 2.75) is 400 Å². The van der Waals surface area contributed by atoms with Gasteiger partial charge in [0.2, 0.25) is 0 Å². The molecular formula is C73H142O17P2. The van der Waals surface area contributed by atoms with Crippen molar-refractivity contribution in [2.24, 2.45) is 5.92 Å². The Kier molecular flexibility index (Phi) is 64.9. The van der Waals surface area contributed by atoms with E-state index in [-0.39, 0.29) is 25.7 Å². The van der Waals surface area contributed by atoms with Crippen LogP contribution in [0, 0.1) is 5.92 Å². The first-order valence-electron chi connectivity index (χ1n) is 38.1. The third-order valence-electron chi connectivity index (χ3n) is 17.0. The van der Waals surface area contributed by atoms with Crippen LogP contribution in [0.4, 0.5) is 0 Å². The van der Waals surface area contributed by atoms with Gasteiger partial charge in [0.25, 0.3) is 0 Å². The summed E-state index contributed by atoms with van der Waals surface area (Å²) in [5.41, 5.74) is 0. The maximum atomic E-state index is 13.1. The summed E-state index contributed by atoms with van der Waals surface area (Å²) < 4.78 is 68.3. The van der Waals surface area contributed by atoms with Gasteiger partial charge >= 0.3 is 39.5 Å². The van der Waals surface area contributed by atoms with Crippen molar-refractivity contribution in [1.82, 2.24) is 0 Å². The molecule has 546 valence electrons. The molecule has 17 nitrogen and oxygen atoms in total. The third kappa shape index (κ3) is 66.7. The highest BCUT2D eigenvalue weighted by Crippen LogP contribution is 2.45. The number of carbonyl (C=O) groups is 4. The van der Waals surface area contributed by atoms with Gasteiger partial charge in [-0.25, -0.2) is 9.13 Å². The number of esters is 4. The molecule has 3 N–H and O–H groups in total. The molecule has 92 heavy (non-hydrogen) atoms. The van der Waals surface area contributed by atoms with Gasteiger partial charge in [0, 0.05) is 25.7 Å². The van der Waals surface area contributed by atoms with Crippen molar-refractivity contribution >= 4 is 39.5 Å². The summed E-state index contributed by atoms with van der Waals surface area (Å²) in [6, 6.07) is 0. The molecule has 0 saturated heterocycles. The molecule has 0 heterocycles. The van der Waals surface area contributed by atoms with E-state index in [0.717, 1.165) is 109 Å². The third-order valence-corrected chi connectivity index (χ3v) is 18.9. The Hall–Kier alpha value is -1.94. The fourth-order valence-electron chi connectivity index (χ4n) is 11.2. The van der Waals surface area contributed by atoms with Gasteiger partial charge < -0.3 is 33.8 Å². The number of phosphoric ester groups is 2. The Morgan fingerprint density at radius 3 is 0.739 bits per heavy atom. The molecular weight excluding hydrogens is 1210 g/mol.